The molecule has 12 heavy (non-hydrogen) atoms. The first-order chi connectivity index (χ1) is 5.70. The summed E-state index contributed by atoms with van der Waals surface area (Å²) < 4.78 is 0. The minimum absolute atomic E-state index is 0.461. The van der Waals surface area contributed by atoms with Gasteiger partial charge < -0.3 is 11.1 Å². The Morgan fingerprint density at radius 3 is 3.17 bits per heavy atom. The second kappa shape index (κ2) is 3.95. The summed E-state index contributed by atoms with van der Waals surface area (Å²) in [5, 5.41) is 2.58. The maximum Gasteiger partial charge on any atom is 0.312 e. The van der Waals surface area contributed by atoms with E-state index in [1.165, 1.54) is 5.57 Å². The molecule has 0 aromatic heterocycles. The number of primary amides is 1. The van der Waals surface area contributed by atoms with Crippen LogP contribution < -0.4 is 11.1 Å². The molecule has 1 aliphatic rings. The van der Waals surface area contributed by atoms with Crippen LogP contribution in [-0.2, 0) is 0 Å². The van der Waals surface area contributed by atoms with E-state index >= 15 is 0 Å². The summed E-state index contributed by atoms with van der Waals surface area (Å²) in [6, 6.07) is -0.461. The molecule has 3 N–H and O–H groups in total. The Hall–Kier alpha value is -1.25. The molecule has 0 aromatic carbocycles. The van der Waals surface area contributed by atoms with Crippen LogP contribution >= 0.6 is 0 Å². The lowest BCUT2D eigenvalue weighted by atomic mass is 9.93. The van der Waals surface area contributed by atoms with Gasteiger partial charge in [0.1, 0.15) is 0 Å². The monoisotopic (exact) mass is 166 g/mol. The Labute approximate surface area is 72.3 Å². The summed E-state index contributed by atoms with van der Waals surface area (Å²) >= 11 is 0. The van der Waals surface area contributed by atoms with Crippen molar-refractivity contribution in [1.29, 1.82) is 0 Å². The Kier molecular flexibility index (Phi) is 2.91. The number of amides is 2. The van der Waals surface area contributed by atoms with Crippen LogP contribution in [0.5, 0.6) is 0 Å². The SMILES string of the molecule is CC1CC=CC=C1CNC(N)=O. The van der Waals surface area contributed by atoms with Crippen LogP contribution in [-0.4, -0.2) is 12.6 Å². The molecular formula is C9H14N2O. The first-order valence-electron chi connectivity index (χ1n) is 4.09. The van der Waals surface area contributed by atoms with Crippen molar-refractivity contribution in [3.63, 3.8) is 0 Å². The largest absolute Gasteiger partial charge is 0.352 e. The van der Waals surface area contributed by atoms with E-state index in [2.05, 4.69) is 18.3 Å². The van der Waals surface area contributed by atoms with Crippen molar-refractivity contribution in [2.24, 2.45) is 11.7 Å². The van der Waals surface area contributed by atoms with E-state index in [9.17, 15) is 4.79 Å². The summed E-state index contributed by atoms with van der Waals surface area (Å²) in [5.41, 5.74) is 6.19. The van der Waals surface area contributed by atoms with Crippen molar-refractivity contribution in [2.45, 2.75) is 13.3 Å². The summed E-state index contributed by atoms with van der Waals surface area (Å²) in [6.07, 6.45) is 7.22. The maximum absolute atomic E-state index is 10.4. The van der Waals surface area contributed by atoms with Crippen molar-refractivity contribution >= 4 is 6.03 Å². The van der Waals surface area contributed by atoms with Crippen LogP contribution in [0.4, 0.5) is 4.79 Å². The summed E-state index contributed by atoms with van der Waals surface area (Å²) in [5.74, 6) is 0.516. The van der Waals surface area contributed by atoms with Gasteiger partial charge in [-0.05, 0) is 17.9 Å². The molecular weight excluding hydrogens is 152 g/mol. The van der Waals surface area contributed by atoms with Crippen molar-refractivity contribution in [2.75, 3.05) is 6.54 Å². The smallest absolute Gasteiger partial charge is 0.312 e. The van der Waals surface area contributed by atoms with Crippen LogP contribution in [0.25, 0.3) is 0 Å². The van der Waals surface area contributed by atoms with E-state index in [-0.39, 0.29) is 0 Å². The number of rotatable bonds is 2. The lowest BCUT2D eigenvalue weighted by molar-refractivity contribution is 0.249. The van der Waals surface area contributed by atoms with Crippen LogP contribution in [0, 0.1) is 5.92 Å². The van der Waals surface area contributed by atoms with Gasteiger partial charge in [0.25, 0.3) is 0 Å². The number of nitrogens with one attached hydrogen (secondary N) is 1. The van der Waals surface area contributed by atoms with E-state index in [0.29, 0.717) is 12.5 Å². The van der Waals surface area contributed by atoms with Gasteiger partial charge in [-0.2, -0.15) is 0 Å². The molecule has 1 atom stereocenters. The molecule has 0 heterocycles. The lowest BCUT2D eigenvalue weighted by Gasteiger charge is -2.16. The van der Waals surface area contributed by atoms with Crippen molar-refractivity contribution < 1.29 is 4.79 Å². The van der Waals surface area contributed by atoms with Gasteiger partial charge in [-0.15, -0.1) is 0 Å². The van der Waals surface area contributed by atoms with Gasteiger partial charge in [0.05, 0.1) is 0 Å². The fraction of sp³-hybridized carbons (Fsp3) is 0.444. The molecule has 0 radical (unpaired) electrons. The third-order valence-electron chi connectivity index (χ3n) is 2.04. The highest BCUT2D eigenvalue weighted by molar-refractivity contribution is 5.71. The standard InChI is InChI=1S/C9H14N2O/c1-7-4-2-3-5-8(7)6-11-9(10)12/h2-3,5,7H,4,6H2,1H3,(H3,10,11,12). The van der Waals surface area contributed by atoms with Gasteiger partial charge in [0.15, 0.2) is 0 Å². The zero-order valence-corrected chi connectivity index (χ0v) is 7.21. The number of carbonyl (C=O) groups excluding carboxylic acids is 1. The molecule has 1 rings (SSSR count). The number of carbonyl (C=O) groups is 1. The van der Waals surface area contributed by atoms with E-state index in [1.54, 1.807) is 0 Å². The van der Waals surface area contributed by atoms with E-state index in [4.69, 9.17) is 5.73 Å². The predicted octanol–water partition coefficient (Wildman–Crippen LogP) is 1.18. The average molecular weight is 166 g/mol. The van der Waals surface area contributed by atoms with E-state index < -0.39 is 6.03 Å². The normalized spacial score (nSPS) is 21.8. The summed E-state index contributed by atoms with van der Waals surface area (Å²) in [6.45, 7) is 2.71. The van der Waals surface area contributed by atoms with Gasteiger partial charge in [-0.25, -0.2) is 4.79 Å². The zero-order chi connectivity index (χ0) is 8.97. The van der Waals surface area contributed by atoms with Crippen molar-refractivity contribution in [3.05, 3.63) is 23.8 Å². The number of allylic oxidation sites excluding steroid dienone is 3. The molecule has 0 bridgehead atoms. The molecule has 1 unspecified atom stereocenters. The molecule has 1 aliphatic carbocycles. The maximum atomic E-state index is 10.4. The Morgan fingerprint density at radius 2 is 2.58 bits per heavy atom. The van der Waals surface area contributed by atoms with Gasteiger partial charge in [-0.1, -0.05) is 25.2 Å². The molecule has 3 nitrogen and oxygen atoms in total. The molecule has 3 heteroatoms. The quantitative estimate of drug-likeness (QED) is 0.635. The Balaban J connectivity index is 2.44. The zero-order valence-electron chi connectivity index (χ0n) is 7.21. The highest BCUT2D eigenvalue weighted by Gasteiger charge is 2.09. The number of hydrogen-bond acceptors (Lipinski definition) is 1. The topological polar surface area (TPSA) is 55.1 Å². The number of nitrogens with two attached hydrogens (primary N) is 1. The molecule has 0 spiro atoms. The first-order valence-corrected chi connectivity index (χ1v) is 4.09. The van der Waals surface area contributed by atoms with Crippen LogP contribution in [0.3, 0.4) is 0 Å². The van der Waals surface area contributed by atoms with Gasteiger partial charge >= 0.3 is 6.03 Å². The molecule has 0 aliphatic heterocycles. The van der Waals surface area contributed by atoms with Gasteiger partial charge in [0.2, 0.25) is 0 Å². The molecule has 66 valence electrons. The molecule has 0 saturated carbocycles. The van der Waals surface area contributed by atoms with Crippen LogP contribution in [0.1, 0.15) is 13.3 Å². The highest BCUT2D eigenvalue weighted by Crippen LogP contribution is 2.18. The summed E-state index contributed by atoms with van der Waals surface area (Å²) in [7, 11) is 0. The second-order valence-electron chi connectivity index (χ2n) is 3.02. The van der Waals surface area contributed by atoms with Gasteiger partial charge in [0, 0.05) is 6.54 Å². The number of hydrogen-bond donors (Lipinski definition) is 2. The van der Waals surface area contributed by atoms with Crippen molar-refractivity contribution in [3.8, 4) is 0 Å². The third-order valence-corrected chi connectivity index (χ3v) is 2.04. The molecule has 0 aromatic rings. The molecule has 0 saturated heterocycles. The van der Waals surface area contributed by atoms with E-state index in [0.717, 1.165) is 6.42 Å². The van der Waals surface area contributed by atoms with Crippen molar-refractivity contribution in [1.82, 2.24) is 5.32 Å². The first kappa shape index (κ1) is 8.84. The van der Waals surface area contributed by atoms with Gasteiger partial charge in [-0.3, -0.25) is 0 Å². The van der Waals surface area contributed by atoms with Crippen LogP contribution in [0.2, 0.25) is 0 Å². The predicted molar refractivity (Wildman–Crippen MR) is 48.6 cm³/mol. The number of urea groups is 1. The highest BCUT2D eigenvalue weighted by atomic mass is 16.2. The minimum Gasteiger partial charge on any atom is -0.352 e. The van der Waals surface area contributed by atoms with Crippen LogP contribution in [0.15, 0.2) is 23.8 Å². The Morgan fingerprint density at radius 1 is 1.83 bits per heavy atom. The molecule has 2 amide bonds. The fourth-order valence-electron chi connectivity index (χ4n) is 1.21. The fourth-order valence-corrected chi connectivity index (χ4v) is 1.21. The third kappa shape index (κ3) is 2.42. The second-order valence-corrected chi connectivity index (χ2v) is 3.02. The Bertz CT molecular complexity index is 231. The lowest BCUT2D eigenvalue weighted by Crippen LogP contribution is -2.32. The average Bonchev–Trinajstić information content (AvgIpc) is 2.03. The summed E-state index contributed by atoms with van der Waals surface area (Å²) in [4.78, 5) is 10.4. The molecule has 0 fully saturated rings. The van der Waals surface area contributed by atoms with E-state index in [1.807, 2.05) is 12.2 Å². The minimum atomic E-state index is -0.461.